The predicted molar refractivity (Wildman–Crippen MR) is 110 cm³/mol. The maximum Gasteiger partial charge on any atom is 0.416 e. The second kappa shape index (κ2) is 8.73. The number of carbonyl (C=O) groups excluding carboxylic acids is 1. The zero-order chi connectivity index (χ0) is 22.2. The normalized spacial score (nSPS) is 26.5. The summed E-state index contributed by atoms with van der Waals surface area (Å²) in [7, 11) is -4.03. The van der Waals surface area contributed by atoms with Gasteiger partial charge in [0.05, 0.1) is 10.5 Å². The standard InChI is InChI=1S/C22H29F3N2O3S/c23-22(24,25)18-7-3-8-19(15-18)31(29,30)26-13-10-17(11-14-26)21(28)27-12-4-6-16-5-1-2-9-20(16)27/h3,7-8,15-17,20H,1-2,4-6,9-14H2. The third-order valence-electron chi connectivity index (χ3n) is 7.13. The lowest BCUT2D eigenvalue weighted by atomic mass is 9.77. The fraction of sp³-hybridized carbons (Fsp3) is 0.682. The lowest BCUT2D eigenvalue weighted by molar-refractivity contribution is -0.143. The van der Waals surface area contributed by atoms with Crippen molar-refractivity contribution < 1.29 is 26.4 Å². The van der Waals surface area contributed by atoms with Crippen LogP contribution >= 0.6 is 0 Å². The van der Waals surface area contributed by atoms with Gasteiger partial charge in [-0.15, -0.1) is 0 Å². The van der Waals surface area contributed by atoms with Crippen LogP contribution in [0, 0.1) is 11.8 Å². The summed E-state index contributed by atoms with van der Waals surface area (Å²) in [6.45, 7) is 1.08. The molecule has 2 heterocycles. The zero-order valence-corrected chi connectivity index (χ0v) is 18.3. The van der Waals surface area contributed by atoms with E-state index in [0.29, 0.717) is 30.9 Å². The first-order valence-corrected chi connectivity index (χ1v) is 12.6. The Morgan fingerprint density at radius 3 is 2.32 bits per heavy atom. The average molecular weight is 459 g/mol. The molecule has 2 atom stereocenters. The first-order chi connectivity index (χ1) is 14.7. The van der Waals surface area contributed by atoms with Crippen molar-refractivity contribution in [2.45, 2.75) is 68.5 Å². The van der Waals surface area contributed by atoms with E-state index in [0.717, 1.165) is 37.9 Å². The summed E-state index contributed by atoms with van der Waals surface area (Å²) in [5, 5.41) is 0. The van der Waals surface area contributed by atoms with Crippen LogP contribution in [0.4, 0.5) is 13.2 Å². The van der Waals surface area contributed by atoms with Gasteiger partial charge in [0.1, 0.15) is 0 Å². The minimum atomic E-state index is -4.60. The van der Waals surface area contributed by atoms with Crippen molar-refractivity contribution in [3.63, 3.8) is 0 Å². The summed E-state index contributed by atoms with van der Waals surface area (Å²) in [6, 6.07) is 4.17. The van der Waals surface area contributed by atoms with E-state index < -0.39 is 21.8 Å². The van der Waals surface area contributed by atoms with Crippen LogP contribution in [-0.4, -0.2) is 49.2 Å². The highest BCUT2D eigenvalue weighted by Crippen LogP contribution is 2.37. The Hall–Kier alpha value is -1.61. The van der Waals surface area contributed by atoms with Crippen LogP contribution in [0.25, 0.3) is 0 Å². The number of fused-ring (bicyclic) bond motifs is 1. The van der Waals surface area contributed by atoms with Gasteiger partial charge >= 0.3 is 6.18 Å². The first-order valence-electron chi connectivity index (χ1n) is 11.2. The summed E-state index contributed by atoms with van der Waals surface area (Å²) in [4.78, 5) is 14.9. The molecular weight excluding hydrogens is 429 g/mol. The quantitative estimate of drug-likeness (QED) is 0.679. The van der Waals surface area contributed by atoms with Crippen molar-refractivity contribution in [3.8, 4) is 0 Å². The molecule has 1 amide bonds. The largest absolute Gasteiger partial charge is 0.416 e. The van der Waals surface area contributed by atoms with Gasteiger partial charge in [0.15, 0.2) is 0 Å². The molecule has 0 bridgehead atoms. The van der Waals surface area contributed by atoms with Crippen LogP contribution in [0.1, 0.15) is 56.9 Å². The molecular formula is C22H29F3N2O3S. The highest BCUT2D eigenvalue weighted by molar-refractivity contribution is 7.89. The number of carbonyl (C=O) groups is 1. The van der Waals surface area contributed by atoms with Crippen LogP contribution in [0.3, 0.4) is 0 Å². The van der Waals surface area contributed by atoms with E-state index in [1.807, 2.05) is 0 Å². The van der Waals surface area contributed by atoms with Gasteiger partial charge in [-0.25, -0.2) is 8.42 Å². The zero-order valence-electron chi connectivity index (χ0n) is 17.5. The maximum atomic E-state index is 13.2. The lowest BCUT2D eigenvalue weighted by Gasteiger charge is -2.46. The lowest BCUT2D eigenvalue weighted by Crippen LogP contribution is -2.53. The Labute approximate surface area is 181 Å². The van der Waals surface area contributed by atoms with Crippen molar-refractivity contribution in [1.29, 1.82) is 0 Å². The molecule has 1 saturated carbocycles. The SMILES string of the molecule is O=C(C1CCN(S(=O)(=O)c2cccc(C(F)(F)F)c2)CC1)N1CCCC2CCCCC21. The summed E-state index contributed by atoms with van der Waals surface area (Å²) < 4.78 is 66.0. The fourth-order valence-electron chi connectivity index (χ4n) is 5.46. The molecule has 1 aromatic carbocycles. The van der Waals surface area contributed by atoms with Gasteiger partial charge < -0.3 is 4.90 Å². The highest BCUT2D eigenvalue weighted by Gasteiger charge is 2.40. The second-order valence-corrected chi connectivity index (χ2v) is 10.9. The van der Waals surface area contributed by atoms with Gasteiger partial charge in [-0.05, 0) is 62.6 Å². The predicted octanol–water partition coefficient (Wildman–Crippen LogP) is 4.29. The van der Waals surface area contributed by atoms with E-state index in [1.165, 1.54) is 29.6 Å². The van der Waals surface area contributed by atoms with E-state index in [9.17, 15) is 26.4 Å². The number of alkyl halides is 3. The number of likely N-dealkylation sites (tertiary alicyclic amines) is 1. The third-order valence-corrected chi connectivity index (χ3v) is 9.02. The first kappa shape index (κ1) is 22.6. The molecule has 172 valence electrons. The highest BCUT2D eigenvalue weighted by atomic mass is 32.2. The van der Waals surface area contributed by atoms with E-state index in [1.54, 1.807) is 0 Å². The number of nitrogens with zero attached hydrogens (tertiary/aromatic N) is 2. The molecule has 2 saturated heterocycles. The third kappa shape index (κ3) is 4.62. The number of hydrogen-bond acceptors (Lipinski definition) is 3. The smallest absolute Gasteiger partial charge is 0.339 e. The molecule has 1 aliphatic carbocycles. The molecule has 4 rings (SSSR count). The number of sulfonamides is 1. The van der Waals surface area contributed by atoms with Crippen molar-refractivity contribution in [1.82, 2.24) is 9.21 Å². The monoisotopic (exact) mass is 458 g/mol. The molecule has 1 aromatic rings. The molecule has 0 spiro atoms. The summed E-state index contributed by atoms with van der Waals surface area (Å²) in [5.74, 6) is 0.508. The molecule has 2 aliphatic heterocycles. The molecule has 3 fully saturated rings. The van der Waals surface area contributed by atoms with Crippen LogP contribution in [0.2, 0.25) is 0 Å². The summed E-state index contributed by atoms with van der Waals surface area (Å²) in [5.41, 5.74) is -0.981. The second-order valence-electron chi connectivity index (χ2n) is 8.99. The van der Waals surface area contributed by atoms with Crippen molar-refractivity contribution >= 4 is 15.9 Å². The summed E-state index contributed by atoms with van der Waals surface area (Å²) in [6.07, 6.45) is 3.04. The number of benzene rings is 1. The van der Waals surface area contributed by atoms with Gasteiger partial charge in [0.25, 0.3) is 0 Å². The minimum absolute atomic E-state index is 0.132. The Bertz CT molecular complexity index is 909. The van der Waals surface area contributed by atoms with Crippen molar-refractivity contribution in [2.75, 3.05) is 19.6 Å². The van der Waals surface area contributed by atoms with Gasteiger partial charge in [0, 0.05) is 31.6 Å². The van der Waals surface area contributed by atoms with E-state index in [2.05, 4.69) is 4.90 Å². The Balaban J connectivity index is 1.42. The number of hydrogen-bond donors (Lipinski definition) is 0. The van der Waals surface area contributed by atoms with Gasteiger partial charge in [0.2, 0.25) is 15.9 Å². The maximum absolute atomic E-state index is 13.2. The van der Waals surface area contributed by atoms with Gasteiger partial charge in [-0.2, -0.15) is 17.5 Å². The van der Waals surface area contributed by atoms with Crippen LogP contribution in [0.15, 0.2) is 29.2 Å². The van der Waals surface area contributed by atoms with E-state index in [4.69, 9.17) is 0 Å². The Morgan fingerprint density at radius 1 is 0.935 bits per heavy atom. The molecule has 9 heteroatoms. The molecule has 3 aliphatic rings. The molecule has 0 radical (unpaired) electrons. The molecule has 0 aromatic heterocycles. The van der Waals surface area contributed by atoms with Gasteiger partial charge in [-0.1, -0.05) is 18.9 Å². The minimum Gasteiger partial charge on any atom is -0.339 e. The van der Waals surface area contributed by atoms with Crippen molar-refractivity contribution in [2.24, 2.45) is 11.8 Å². The van der Waals surface area contributed by atoms with Crippen LogP contribution in [-0.2, 0) is 21.0 Å². The number of rotatable bonds is 3. The van der Waals surface area contributed by atoms with Crippen molar-refractivity contribution in [3.05, 3.63) is 29.8 Å². The average Bonchev–Trinajstić information content (AvgIpc) is 2.78. The summed E-state index contributed by atoms with van der Waals surface area (Å²) >= 11 is 0. The van der Waals surface area contributed by atoms with E-state index >= 15 is 0 Å². The van der Waals surface area contributed by atoms with Gasteiger partial charge in [-0.3, -0.25) is 4.79 Å². The molecule has 5 nitrogen and oxygen atoms in total. The number of halogens is 3. The number of piperidine rings is 2. The fourth-order valence-corrected chi connectivity index (χ4v) is 6.97. The molecule has 2 unspecified atom stereocenters. The Morgan fingerprint density at radius 2 is 1.61 bits per heavy atom. The molecule has 31 heavy (non-hydrogen) atoms. The van der Waals surface area contributed by atoms with E-state index in [-0.39, 0.29) is 29.8 Å². The van der Waals surface area contributed by atoms with Crippen LogP contribution in [0.5, 0.6) is 0 Å². The van der Waals surface area contributed by atoms with Crippen LogP contribution < -0.4 is 0 Å². The molecule has 0 N–H and O–H groups in total. The Kier molecular flexibility index (Phi) is 6.36. The topological polar surface area (TPSA) is 57.7 Å². The number of amides is 1.